The second-order valence-corrected chi connectivity index (χ2v) is 14.8. The molecule has 0 radical (unpaired) electrons. The van der Waals surface area contributed by atoms with E-state index in [2.05, 4.69) is 127 Å². The standard InChI is InChI=1S/C46H27FSe/c47-46-38-20-10-8-18-36(38)45(37-19-9-11-21-39(37)46)30-22-24-31-40-26-29(23-25-41(40)48-42(31)27-30)44-34-16-6-4-14-32(34)43(28-12-2-1-3-13-28)33-15-5-7-17-35(33)44/h1-27H. The molecule has 0 unspecified atom stereocenters. The molecule has 0 amide bonds. The van der Waals surface area contributed by atoms with Gasteiger partial charge in [0.1, 0.15) is 0 Å². The number of fused-ring (bicyclic) bond motifs is 7. The van der Waals surface area contributed by atoms with Crippen molar-refractivity contribution < 1.29 is 4.39 Å². The van der Waals surface area contributed by atoms with Crippen molar-refractivity contribution in [2.45, 2.75) is 0 Å². The summed E-state index contributed by atoms with van der Waals surface area (Å²) in [6.07, 6.45) is 0. The number of hydrogen-bond donors (Lipinski definition) is 0. The molecular formula is C46H27FSe. The number of benzene rings is 9. The second-order valence-electron chi connectivity index (χ2n) is 12.5. The van der Waals surface area contributed by atoms with Crippen LogP contribution in [-0.4, -0.2) is 14.5 Å². The second kappa shape index (κ2) is 10.8. The van der Waals surface area contributed by atoms with Gasteiger partial charge in [-0.15, -0.1) is 0 Å². The predicted octanol–water partition coefficient (Wildman–Crippen LogP) is 12.8. The van der Waals surface area contributed by atoms with Crippen LogP contribution in [0.15, 0.2) is 164 Å². The van der Waals surface area contributed by atoms with Crippen LogP contribution in [0.5, 0.6) is 0 Å². The monoisotopic (exact) mass is 678 g/mol. The zero-order valence-electron chi connectivity index (χ0n) is 25.9. The molecule has 10 aromatic rings. The summed E-state index contributed by atoms with van der Waals surface area (Å²) >= 11 is 0.173. The molecule has 0 aliphatic rings. The first kappa shape index (κ1) is 27.6. The van der Waals surface area contributed by atoms with Crippen LogP contribution in [0, 0.1) is 5.82 Å². The van der Waals surface area contributed by atoms with E-state index in [1.807, 2.05) is 36.4 Å². The molecule has 2 heteroatoms. The maximum atomic E-state index is 15.6. The van der Waals surface area contributed by atoms with E-state index in [1.165, 1.54) is 63.1 Å². The molecule has 1 aromatic heterocycles. The molecule has 10 rings (SSSR count). The molecule has 0 nitrogen and oxygen atoms in total. The fourth-order valence-electron chi connectivity index (χ4n) is 7.83. The van der Waals surface area contributed by atoms with Gasteiger partial charge in [-0.1, -0.05) is 0 Å². The van der Waals surface area contributed by atoms with Crippen LogP contribution in [0.1, 0.15) is 0 Å². The average Bonchev–Trinajstić information content (AvgIpc) is 3.51. The first-order valence-electron chi connectivity index (χ1n) is 16.3. The predicted molar refractivity (Wildman–Crippen MR) is 205 cm³/mol. The van der Waals surface area contributed by atoms with Crippen LogP contribution >= 0.6 is 0 Å². The Hall–Kier alpha value is -5.53. The van der Waals surface area contributed by atoms with Crippen LogP contribution in [0.3, 0.4) is 0 Å². The van der Waals surface area contributed by atoms with Gasteiger partial charge in [0.25, 0.3) is 0 Å². The van der Waals surface area contributed by atoms with Crippen molar-refractivity contribution in [1.29, 1.82) is 0 Å². The number of rotatable bonds is 3. The van der Waals surface area contributed by atoms with Gasteiger partial charge >= 0.3 is 284 Å². The van der Waals surface area contributed by atoms with E-state index >= 15 is 4.39 Å². The molecule has 1 heterocycles. The van der Waals surface area contributed by atoms with Gasteiger partial charge in [-0.05, 0) is 0 Å². The first-order valence-corrected chi connectivity index (χ1v) is 18.0. The number of hydrogen-bond acceptors (Lipinski definition) is 0. The fourth-order valence-corrected chi connectivity index (χ4v) is 10.2. The van der Waals surface area contributed by atoms with E-state index in [4.69, 9.17) is 0 Å². The molecule has 9 aromatic carbocycles. The van der Waals surface area contributed by atoms with E-state index in [0.717, 1.165) is 21.9 Å². The summed E-state index contributed by atoms with van der Waals surface area (Å²) in [6, 6.07) is 58.2. The van der Waals surface area contributed by atoms with Crippen LogP contribution in [0.25, 0.3) is 95.8 Å². The van der Waals surface area contributed by atoms with E-state index in [0.29, 0.717) is 10.8 Å². The Morgan fingerprint density at radius 2 is 0.708 bits per heavy atom. The summed E-state index contributed by atoms with van der Waals surface area (Å²) < 4.78 is 18.4. The van der Waals surface area contributed by atoms with Crippen LogP contribution < -0.4 is 0 Å². The van der Waals surface area contributed by atoms with Gasteiger partial charge in [-0.2, -0.15) is 0 Å². The summed E-state index contributed by atoms with van der Waals surface area (Å²) in [6.45, 7) is 0. The summed E-state index contributed by atoms with van der Waals surface area (Å²) in [5.41, 5.74) is 7.29. The van der Waals surface area contributed by atoms with Gasteiger partial charge in [-0.3, -0.25) is 0 Å². The third-order valence-electron chi connectivity index (χ3n) is 9.91. The molecule has 0 spiro atoms. The van der Waals surface area contributed by atoms with Crippen molar-refractivity contribution >= 4 is 76.9 Å². The van der Waals surface area contributed by atoms with Crippen molar-refractivity contribution in [2.75, 3.05) is 0 Å². The molecule has 48 heavy (non-hydrogen) atoms. The van der Waals surface area contributed by atoms with E-state index in [1.54, 1.807) is 0 Å². The summed E-state index contributed by atoms with van der Waals surface area (Å²) in [7, 11) is 0. The van der Waals surface area contributed by atoms with Gasteiger partial charge in [0.05, 0.1) is 0 Å². The van der Waals surface area contributed by atoms with Crippen LogP contribution in [-0.2, 0) is 0 Å². The topological polar surface area (TPSA) is 0 Å². The Morgan fingerprint density at radius 3 is 1.25 bits per heavy atom. The minimum atomic E-state index is -0.146. The van der Waals surface area contributed by atoms with E-state index in [-0.39, 0.29) is 20.3 Å². The van der Waals surface area contributed by atoms with Crippen molar-refractivity contribution in [3.8, 4) is 33.4 Å². The van der Waals surface area contributed by atoms with Crippen LogP contribution in [0.2, 0.25) is 0 Å². The van der Waals surface area contributed by atoms with E-state index < -0.39 is 0 Å². The third-order valence-corrected chi connectivity index (χ3v) is 12.3. The molecule has 0 saturated carbocycles. The first-order chi connectivity index (χ1) is 23.7. The van der Waals surface area contributed by atoms with Crippen molar-refractivity contribution in [3.63, 3.8) is 0 Å². The molecule has 0 saturated heterocycles. The molecule has 0 fully saturated rings. The zero-order valence-corrected chi connectivity index (χ0v) is 27.6. The Kier molecular flexibility index (Phi) is 6.18. The normalized spacial score (nSPS) is 11.9. The number of halogens is 1. The maximum absolute atomic E-state index is 15.6. The Labute approximate surface area is 283 Å². The fraction of sp³-hybridized carbons (Fsp3) is 0. The quantitative estimate of drug-likeness (QED) is 0.129. The molecule has 0 aliphatic carbocycles. The molecule has 0 atom stereocenters. The van der Waals surface area contributed by atoms with Gasteiger partial charge in [-0.25, -0.2) is 0 Å². The average molecular weight is 678 g/mol. The van der Waals surface area contributed by atoms with E-state index in [9.17, 15) is 0 Å². The van der Waals surface area contributed by atoms with Crippen molar-refractivity contribution in [1.82, 2.24) is 0 Å². The SMILES string of the molecule is Fc1c2ccccc2c(-c2ccc3c(c2)[se]c2ccc(-c4c5ccccc5c(-c5ccccc5)c5ccccc45)cc23)c2ccccc12. The Morgan fingerprint density at radius 1 is 0.292 bits per heavy atom. The molecule has 0 bridgehead atoms. The van der Waals surface area contributed by atoms with Crippen molar-refractivity contribution in [2.24, 2.45) is 0 Å². The zero-order chi connectivity index (χ0) is 31.8. The van der Waals surface area contributed by atoms with Gasteiger partial charge in [0.15, 0.2) is 0 Å². The van der Waals surface area contributed by atoms with Crippen molar-refractivity contribution in [3.05, 3.63) is 170 Å². The minimum absolute atomic E-state index is 0.146. The Balaban J connectivity index is 1.21. The summed E-state index contributed by atoms with van der Waals surface area (Å²) in [5, 5.41) is 11.0. The Bertz CT molecular complexity index is 2780. The van der Waals surface area contributed by atoms with Gasteiger partial charge < -0.3 is 0 Å². The molecule has 0 aliphatic heterocycles. The molecule has 224 valence electrons. The summed E-state index contributed by atoms with van der Waals surface area (Å²) in [5.74, 6) is -0.146. The van der Waals surface area contributed by atoms with Crippen LogP contribution in [0.4, 0.5) is 4.39 Å². The molecule has 0 N–H and O–H groups in total. The third kappa shape index (κ3) is 4.07. The van der Waals surface area contributed by atoms with Gasteiger partial charge in [0, 0.05) is 0 Å². The summed E-state index contributed by atoms with van der Waals surface area (Å²) in [4.78, 5) is 0. The molecular weight excluding hydrogens is 650 g/mol. The van der Waals surface area contributed by atoms with Gasteiger partial charge in [0.2, 0.25) is 0 Å².